The summed E-state index contributed by atoms with van der Waals surface area (Å²) in [6.07, 6.45) is 8.05. The lowest BCUT2D eigenvalue weighted by atomic mass is 9.90. The fourth-order valence-electron chi connectivity index (χ4n) is 5.16. The van der Waals surface area contributed by atoms with E-state index in [4.69, 9.17) is 4.98 Å². The van der Waals surface area contributed by atoms with Crippen LogP contribution in [0.3, 0.4) is 0 Å². The molecule has 1 aliphatic rings. The number of pyridine rings is 2. The number of rotatable bonds is 2. The number of aromatic nitrogens is 2. The summed E-state index contributed by atoms with van der Waals surface area (Å²) in [6, 6.07) is 28.3. The molecule has 3 heteroatoms. The molecule has 0 unspecified atom stereocenters. The Bertz CT molecular complexity index is 1660. The average molecular weight is 441 g/mol. The lowest BCUT2D eigenvalue weighted by Gasteiger charge is -2.15. The smallest absolute Gasteiger partial charge is 0.0880 e. The molecule has 0 saturated carbocycles. The van der Waals surface area contributed by atoms with Crippen molar-refractivity contribution in [2.45, 2.75) is 12.8 Å². The zero-order valence-electron chi connectivity index (χ0n) is 18.0. The van der Waals surface area contributed by atoms with Gasteiger partial charge in [0.25, 0.3) is 0 Å². The molecular formula is C30H20N2S. The Morgan fingerprint density at radius 3 is 2.52 bits per heavy atom. The number of aryl methyl sites for hydroxylation is 2. The van der Waals surface area contributed by atoms with Gasteiger partial charge in [0.1, 0.15) is 0 Å². The maximum atomic E-state index is 4.91. The molecule has 0 spiro atoms. The average Bonchev–Trinajstić information content (AvgIpc) is 3.28. The van der Waals surface area contributed by atoms with Crippen molar-refractivity contribution < 1.29 is 0 Å². The molecule has 0 radical (unpaired) electrons. The molecular weight excluding hydrogens is 420 g/mol. The van der Waals surface area contributed by atoms with Gasteiger partial charge in [-0.05, 0) is 70.1 Å². The first-order valence-corrected chi connectivity index (χ1v) is 12.1. The molecule has 33 heavy (non-hydrogen) atoms. The van der Waals surface area contributed by atoms with Gasteiger partial charge in [0.05, 0.1) is 10.4 Å². The molecule has 0 fully saturated rings. The molecule has 7 rings (SSSR count). The van der Waals surface area contributed by atoms with E-state index in [1.165, 1.54) is 59.1 Å². The molecule has 1 aliphatic carbocycles. The Balaban J connectivity index is 1.50. The van der Waals surface area contributed by atoms with Crippen LogP contribution in [0.1, 0.15) is 11.1 Å². The molecule has 0 bridgehead atoms. The zero-order valence-corrected chi connectivity index (χ0v) is 18.8. The Kier molecular flexibility index (Phi) is 4.18. The van der Waals surface area contributed by atoms with Gasteiger partial charge in [-0.2, -0.15) is 0 Å². The fraction of sp³-hybridized carbons (Fsp3) is 0.0667. The van der Waals surface area contributed by atoms with Crippen LogP contribution in [0.25, 0.3) is 53.7 Å². The third kappa shape index (κ3) is 2.93. The van der Waals surface area contributed by atoms with Crippen LogP contribution in [0.5, 0.6) is 0 Å². The van der Waals surface area contributed by atoms with Crippen LogP contribution in [-0.4, -0.2) is 9.97 Å². The lowest BCUT2D eigenvalue weighted by molar-refractivity contribution is 0.951. The van der Waals surface area contributed by atoms with E-state index in [0.29, 0.717) is 0 Å². The second-order valence-electron chi connectivity index (χ2n) is 8.59. The summed E-state index contributed by atoms with van der Waals surface area (Å²) >= 11 is 1.87. The summed E-state index contributed by atoms with van der Waals surface area (Å²) in [5.74, 6) is 0. The summed E-state index contributed by atoms with van der Waals surface area (Å²) in [5.41, 5.74) is 8.85. The van der Waals surface area contributed by atoms with Crippen LogP contribution in [0.2, 0.25) is 0 Å². The highest BCUT2D eigenvalue weighted by molar-refractivity contribution is 7.23. The number of thiophene rings is 1. The van der Waals surface area contributed by atoms with Crippen molar-refractivity contribution in [3.8, 4) is 32.8 Å². The van der Waals surface area contributed by atoms with Crippen molar-refractivity contribution in [1.29, 1.82) is 0 Å². The molecule has 0 amide bonds. The van der Waals surface area contributed by atoms with E-state index in [9.17, 15) is 0 Å². The van der Waals surface area contributed by atoms with Crippen molar-refractivity contribution in [2.24, 2.45) is 0 Å². The minimum absolute atomic E-state index is 1.07. The van der Waals surface area contributed by atoms with Crippen LogP contribution in [0, 0.1) is 0 Å². The maximum absolute atomic E-state index is 4.91. The van der Waals surface area contributed by atoms with E-state index >= 15 is 0 Å². The number of benzene rings is 3. The molecule has 0 atom stereocenters. The van der Waals surface area contributed by atoms with E-state index < -0.39 is 0 Å². The van der Waals surface area contributed by atoms with Gasteiger partial charge in [0.2, 0.25) is 0 Å². The van der Waals surface area contributed by atoms with Gasteiger partial charge in [0.15, 0.2) is 0 Å². The highest BCUT2D eigenvalue weighted by Gasteiger charge is 2.23. The van der Waals surface area contributed by atoms with Crippen molar-refractivity contribution in [3.63, 3.8) is 0 Å². The molecule has 156 valence electrons. The number of hydrogen-bond acceptors (Lipinski definition) is 3. The predicted octanol–water partition coefficient (Wildman–Crippen LogP) is 7.94. The first-order chi connectivity index (χ1) is 16.4. The van der Waals surface area contributed by atoms with E-state index in [0.717, 1.165) is 18.5 Å². The topological polar surface area (TPSA) is 25.8 Å². The van der Waals surface area contributed by atoms with Gasteiger partial charge < -0.3 is 0 Å². The summed E-state index contributed by atoms with van der Waals surface area (Å²) in [6.45, 7) is 0. The highest BCUT2D eigenvalue weighted by Crippen LogP contribution is 2.46. The third-order valence-electron chi connectivity index (χ3n) is 6.73. The number of nitrogens with zero attached hydrogens (tertiary/aromatic N) is 2. The van der Waals surface area contributed by atoms with Gasteiger partial charge >= 0.3 is 0 Å². The minimum atomic E-state index is 1.07. The Hall–Kier alpha value is -3.82. The second kappa shape index (κ2) is 7.36. The Morgan fingerprint density at radius 1 is 0.697 bits per heavy atom. The van der Waals surface area contributed by atoms with Crippen LogP contribution >= 0.6 is 11.3 Å². The molecule has 6 aromatic rings. The van der Waals surface area contributed by atoms with Crippen LogP contribution in [-0.2, 0) is 12.8 Å². The number of hydrogen-bond donors (Lipinski definition) is 0. The Morgan fingerprint density at radius 2 is 1.58 bits per heavy atom. The van der Waals surface area contributed by atoms with Gasteiger partial charge in [-0.1, -0.05) is 54.6 Å². The van der Waals surface area contributed by atoms with Crippen molar-refractivity contribution in [2.75, 3.05) is 0 Å². The summed E-state index contributed by atoms with van der Waals surface area (Å²) < 4.78 is 1.27. The predicted molar refractivity (Wildman–Crippen MR) is 139 cm³/mol. The van der Waals surface area contributed by atoms with Gasteiger partial charge in [-0.15, -0.1) is 11.3 Å². The molecule has 0 N–H and O–H groups in total. The van der Waals surface area contributed by atoms with Gasteiger partial charge in [0, 0.05) is 40.0 Å². The van der Waals surface area contributed by atoms with E-state index in [-0.39, 0.29) is 0 Å². The van der Waals surface area contributed by atoms with Crippen LogP contribution < -0.4 is 0 Å². The van der Waals surface area contributed by atoms with E-state index in [2.05, 4.69) is 83.8 Å². The van der Waals surface area contributed by atoms with Crippen molar-refractivity contribution >= 4 is 32.2 Å². The molecule has 3 aromatic carbocycles. The molecule has 3 heterocycles. The largest absolute Gasteiger partial charge is 0.264 e. The van der Waals surface area contributed by atoms with Gasteiger partial charge in [-0.25, -0.2) is 0 Å². The first-order valence-electron chi connectivity index (χ1n) is 11.3. The molecule has 3 aromatic heterocycles. The standard InChI is InChI=1S/C30H20N2S/c1-2-6-19(7-3-1)26-17-22(16-21-8-4-5-9-23(21)26)28-30-25(13-15-32-28)24-11-10-20-12-14-31-18-27(20)29(24)33-30/h1-9,12-18H,10-11H2. The first kappa shape index (κ1) is 18.7. The lowest BCUT2D eigenvalue weighted by Crippen LogP contribution is -2.01. The fourth-order valence-corrected chi connectivity index (χ4v) is 6.56. The monoisotopic (exact) mass is 440 g/mol. The SMILES string of the molecule is c1ccc(-c2cc(-c3nccc4c5c(sc34)-c3cnccc3CC5)cc3ccccc23)cc1. The number of fused-ring (bicyclic) bond motifs is 6. The maximum Gasteiger partial charge on any atom is 0.0880 e. The van der Waals surface area contributed by atoms with Crippen molar-refractivity contribution in [1.82, 2.24) is 9.97 Å². The van der Waals surface area contributed by atoms with Gasteiger partial charge in [-0.3, -0.25) is 9.97 Å². The summed E-state index contributed by atoms with van der Waals surface area (Å²) in [7, 11) is 0. The van der Waals surface area contributed by atoms with Crippen molar-refractivity contribution in [3.05, 3.63) is 109 Å². The van der Waals surface area contributed by atoms with E-state index in [1.807, 2.05) is 29.9 Å². The zero-order chi connectivity index (χ0) is 21.8. The van der Waals surface area contributed by atoms with Crippen LogP contribution in [0.15, 0.2) is 97.5 Å². The quantitative estimate of drug-likeness (QED) is 0.273. The molecule has 0 aliphatic heterocycles. The third-order valence-corrected chi connectivity index (χ3v) is 8.02. The summed E-state index contributed by atoms with van der Waals surface area (Å²) in [5, 5.41) is 3.84. The summed E-state index contributed by atoms with van der Waals surface area (Å²) in [4.78, 5) is 10.7. The Labute approximate surface area is 196 Å². The van der Waals surface area contributed by atoms with E-state index in [1.54, 1.807) is 0 Å². The van der Waals surface area contributed by atoms with Crippen LogP contribution in [0.4, 0.5) is 0 Å². The minimum Gasteiger partial charge on any atom is -0.264 e. The second-order valence-corrected chi connectivity index (χ2v) is 9.61. The normalized spacial score (nSPS) is 12.6. The molecule has 2 nitrogen and oxygen atoms in total. The molecule has 0 saturated heterocycles. The highest BCUT2D eigenvalue weighted by atomic mass is 32.1.